The number of rotatable bonds is 2. The van der Waals surface area contributed by atoms with Crippen molar-refractivity contribution >= 4 is 17.4 Å². The summed E-state index contributed by atoms with van der Waals surface area (Å²) in [4.78, 5) is 23.1. The highest BCUT2D eigenvalue weighted by atomic mass is 32.1. The third kappa shape index (κ3) is 3.16. The Morgan fingerprint density at radius 2 is 2.32 bits per heavy atom. The zero-order valence-corrected chi connectivity index (χ0v) is 13.9. The van der Waals surface area contributed by atoms with Crippen LogP contribution >= 0.6 is 11.3 Å². The number of nitrogens with zero attached hydrogens (tertiary/aromatic N) is 2. The molecule has 2 aromatic rings. The fourth-order valence-electron chi connectivity index (χ4n) is 2.65. The van der Waals surface area contributed by atoms with Crippen LogP contribution in [0.4, 0.5) is 4.79 Å². The Kier molecular flexibility index (Phi) is 3.95. The normalized spacial score (nSPS) is 18.7. The van der Waals surface area contributed by atoms with Crippen LogP contribution in [0.15, 0.2) is 23.7 Å². The van der Waals surface area contributed by atoms with E-state index in [0.717, 1.165) is 29.2 Å². The van der Waals surface area contributed by atoms with Gasteiger partial charge in [0, 0.05) is 6.54 Å². The van der Waals surface area contributed by atoms with E-state index in [2.05, 4.69) is 16.0 Å². The van der Waals surface area contributed by atoms with Crippen molar-refractivity contribution in [2.75, 3.05) is 6.54 Å². The van der Waals surface area contributed by atoms with Gasteiger partial charge in [-0.25, -0.2) is 9.78 Å². The highest BCUT2D eigenvalue weighted by Crippen LogP contribution is 2.33. The lowest BCUT2D eigenvalue weighted by atomic mass is 10.2. The predicted octanol–water partition coefficient (Wildman–Crippen LogP) is 4.21. The summed E-state index contributed by atoms with van der Waals surface area (Å²) in [5.74, 6) is 0.840. The van der Waals surface area contributed by atoms with Gasteiger partial charge in [0.25, 0.3) is 0 Å². The molecular formula is C16H21N3O2S. The average Bonchev–Trinajstić information content (AvgIpc) is 3.17. The molecular weight excluding hydrogens is 298 g/mol. The van der Waals surface area contributed by atoms with Gasteiger partial charge in [0.05, 0.1) is 22.8 Å². The second-order valence-corrected chi connectivity index (χ2v) is 7.44. The van der Waals surface area contributed by atoms with Crippen LogP contribution in [0, 0.1) is 0 Å². The Morgan fingerprint density at radius 3 is 3.00 bits per heavy atom. The van der Waals surface area contributed by atoms with Crippen LogP contribution in [0.2, 0.25) is 0 Å². The third-order valence-corrected chi connectivity index (χ3v) is 4.48. The molecule has 2 aromatic heterocycles. The highest BCUT2D eigenvalue weighted by molar-refractivity contribution is 7.13. The topological polar surface area (TPSA) is 58.2 Å². The molecule has 0 radical (unpaired) electrons. The number of aromatic amines is 1. The van der Waals surface area contributed by atoms with Crippen molar-refractivity contribution in [1.29, 1.82) is 0 Å². The molecule has 1 N–H and O–H groups in total. The largest absolute Gasteiger partial charge is 0.444 e. The van der Waals surface area contributed by atoms with Gasteiger partial charge in [-0.05, 0) is 45.1 Å². The second-order valence-electron chi connectivity index (χ2n) is 6.49. The number of carbonyl (C=O) groups is 1. The summed E-state index contributed by atoms with van der Waals surface area (Å²) < 4.78 is 5.50. The minimum atomic E-state index is -0.477. The molecule has 3 heterocycles. The van der Waals surface area contributed by atoms with Crippen LogP contribution in [-0.2, 0) is 4.74 Å². The number of nitrogens with one attached hydrogen (secondary N) is 1. The Bertz CT molecular complexity index is 643. The second kappa shape index (κ2) is 5.76. The molecule has 0 spiro atoms. The molecule has 1 fully saturated rings. The van der Waals surface area contributed by atoms with Gasteiger partial charge >= 0.3 is 6.09 Å². The van der Waals surface area contributed by atoms with E-state index in [1.165, 1.54) is 0 Å². The lowest BCUT2D eigenvalue weighted by Crippen LogP contribution is -2.36. The molecule has 0 aliphatic carbocycles. The monoisotopic (exact) mass is 319 g/mol. The molecule has 1 atom stereocenters. The van der Waals surface area contributed by atoms with Gasteiger partial charge < -0.3 is 9.72 Å². The van der Waals surface area contributed by atoms with E-state index < -0.39 is 5.60 Å². The maximum atomic E-state index is 12.3. The molecule has 0 bridgehead atoms. The number of ether oxygens (including phenoxy) is 1. The maximum absolute atomic E-state index is 12.3. The van der Waals surface area contributed by atoms with Crippen molar-refractivity contribution in [3.63, 3.8) is 0 Å². The van der Waals surface area contributed by atoms with Gasteiger partial charge in [-0.3, -0.25) is 4.90 Å². The quantitative estimate of drug-likeness (QED) is 0.902. The maximum Gasteiger partial charge on any atom is 0.410 e. The molecule has 5 nitrogen and oxygen atoms in total. The molecule has 1 aliphatic rings. The van der Waals surface area contributed by atoms with Crippen molar-refractivity contribution in [2.45, 2.75) is 45.3 Å². The number of amides is 1. The van der Waals surface area contributed by atoms with E-state index in [9.17, 15) is 4.79 Å². The van der Waals surface area contributed by atoms with Crippen molar-refractivity contribution in [1.82, 2.24) is 14.9 Å². The molecule has 118 valence electrons. The minimum absolute atomic E-state index is 0.0245. The number of hydrogen-bond acceptors (Lipinski definition) is 4. The van der Waals surface area contributed by atoms with Crippen molar-refractivity contribution in [2.24, 2.45) is 0 Å². The van der Waals surface area contributed by atoms with Gasteiger partial charge in [0.2, 0.25) is 0 Å². The first-order chi connectivity index (χ1) is 10.4. The van der Waals surface area contributed by atoms with Crippen LogP contribution < -0.4 is 0 Å². The molecule has 0 saturated carbocycles. The molecule has 0 aromatic carbocycles. The number of thiophene rings is 1. The average molecular weight is 319 g/mol. The number of imidazole rings is 1. The molecule has 1 unspecified atom stereocenters. The van der Waals surface area contributed by atoms with Crippen LogP contribution in [0.3, 0.4) is 0 Å². The van der Waals surface area contributed by atoms with Gasteiger partial charge in [0.15, 0.2) is 0 Å². The zero-order chi connectivity index (χ0) is 15.7. The van der Waals surface area contributed by atoms with E-state index in [-0.39, 0.29) is 12.1 Å². The standard InChI is InChI=1S/C16H21N3O2S/c1-16(2,3)21-15(20)19-8-4-6-12(19)14-17-10-11(18-14)13-7-5-9-22-13/h5,7,9-10,12H,4,6,8H2,1-3H3,(H,17,18). The summed E-state index contributed by atoms with van der Waals surface area (Å²) in [5, 5.41) is 2.04. The Labute approximate surface area is 134 Å². The molecule has 22 heavy (non-hydrogen) atoms. The van der Waals surface area contributed by atoms with E-state index >= 15 is 0 Å². The summed E-state index contributed by atoms with van der Waals surface area (Å²) in [5.41, 5.74) is 0.524. The van der Waals surface area contributed by atoms with Crippen LogP contribution in [0.5, 0.6) is 0 Å². The molecule has 6 heteroatoms. The van der Waals surface area contributed by atoms with Gasteiger partial charge in [-0.2, -0.15) is 0 Å². The lowest BCUT2D eigenvalue weighted by Gasteiger charge is -2.27. The van der Waals surface area contributed by atoms with Gasteiger partial charge in [0.1, 0.15) is 11.4 Å². The fraction of sp³-hybridized carbons (Fsp3) is 0.500. The van der Waals surface area contributed by atoms with Crippen LogP contribution in [0.1, 0.15) is 45.5 Å². The summed E-state index contributed by atoms with van der Waals surface area (Å²) >= 11 is 1.67. The Morgan fingerprint density at radius 1 is 1.50 bits per heavy atom. The van der Waals surface area contributed by atoms with Crippen LogP contribution in [-0.4, -0.2) is 33.1 Å². The van der Waals surface area contributed by atoms with Crippen molar-refractivity contribution in [3.05, 3.63) is 29.5 Å². The first-order valence-corrected chi connectivity index (χ1v) is 8.40. The number of aromatic nitrogens is 2. The van der Waals surface area contributed by atoms with E-state index in [1.807, 2.05) is 38.4 Å². The summed E-state index contributed by atoms with van der Waals surface area (Å²) in [6, 6.07) is 4.05. The number of hydrogen-bond donors (Lipinski definition) is 1. The van der Waals surface area contributed by atoms with Crippen molar-refractivity contribution in [3.8, 4) is 10.6 Å². The summed E-state index contributed by atoms with van der Waals surface area (Å²) in [6.45, 7) is 6.38. The molecule has 1 aliphatic heterocycles. The Balaban J connectivity index is 1.77. The number of carbonyl (C=O) groups excluding carboxylic acids is 1. The van der Waals surface area contributed by atoms with E-state index in [4.69, 9.17) is 4.74 Å². The summed E-state index contributed by atoms with van der Waals surface area (Å²) in [7, 11) is 0. The van der Waals surface area contributed by atoms with Gasteiger partial charge in [-0.1, -0.05) is 6.07 Å². The third-order valence-electron chi connectivity index (χ3n) is 3.58. The fourth-order valence-corrected chi connectivity index (χ4v) is 3.34. The number of H-pyrrole nitrogens is 1. The zero-order valence-electron chi connectivity index (χ0n) is 13.1. The molecule has 1 saturated heterocycles. The first-order valence-electron chi connectivity index (χ1n) is 7.52. The number of likely N-dealkylation sites (tertiary alicyclic amines) is 1. The van der Waals surface area contributed by atoms with E-state index in [0.29, 0.717) is 6.54 Å². The van der Waals surface area contributed by atoms with Crippen molar-refractivity contribution < 1.29 is 9.53 Å². The van der Waals surface area contributed by atoms with Gasteiger partial charge in [-0.15, -0.1) is 11.3 Å². The van der Waals surface area contributed by atoms with E-state index in [1.54, 1.807) is 16.2 Å². The first kappa shape index (κ1) is 15.1. The lowest BCUT2D eigenvalue weighted by molar-refractivity contribution is 0.0219. The smallest absolute Gasteiger partial charge is 0.410 e. The molecule has 1 amide bonds. The molecule has 3 rings (SSSR count). The van der Waals surface area contributed by atoms with Crippen LogP contribution in [0.25, 0.3) is 10.6 Å². The Hall–Kier alpha value is -1.82. The minimum Gasteiger partial charge on any atom is -0.444 e. The summed E-state index contributed by atoms with van der Waals surface area (Å²) in [6.07, 6.45) is 3.46. The highest BCUT2D eigenvalue weighted by Gasteiger charge is 2.34. The predicted molar refractivity (Wildman–Crippen MR) is 86.8 cm³/mol. The SMILES string of the molecule is CC(C)(C)OC(=O)N1CCCC1c1ncc(-c2cccs2)[nH]1.